The lowest BCUT2D eigenvalue weighted by molar-refractivity contribution is -0.565. The molecule has 12 heteroatoms. The zero-order chi connectivity index (χ0) is 14.8. The first-order valence-corrected chi connectivity index (χ1v) is 3.98. The highest BCUT2D eigenvalue weighted by Crippen LogP contribution is 2.49. The second kappa shape index (κ2) is 5.09. The van der Waals surface area contributed by atoms with E-state index in [1.165, 1.54) is 0 Å². The predicted octanol–water partition coefficient (Wildman–Crippen LogP) is 3.31. The predicted molar refractivity (Wildman–Crippen MR) is 34.7 cm³/mol. The summed E-state index contributed by atoms with van der Waals surface area (Å²) in [5.41, 5.74) is 0. The van der Waals surface area contributed by atoms with Crippen LogP contribution in [0.4, 0.5) is 39.5 Å². The third kappa shape index (κ3) is 3.88. The van der Waals surface area contributed by atoms with Gasteiger partial charge in [0, 0.05) is 0 Å². The first-order chi connectivity index (χ1) is 7.77. The molecule has 0 spiro atoms. The van der Waals surface area contributed by atoms with Crippen molar-refractivity contribution in [3.63, 3.8) is 0 Å². The van der Waals surface area contributed by atoms with E-state index in [0.29, 0.717) is 0 Å². The van der Waals surface area contributed by atoms with Crippen molar-refractivity contribution >= 4 is 0 Å². The van der Waals surface area contributed by atoms with Crippen LogP contribution < -0.4 is 0 Å². The third-order valence-corrected chi connectivity index (χ3v) is 1.28. The van der Waals surface area contributed by atoms with Gasteiger partial charge < -0.3 is 0 Å². The summed E-state index contributed by atoms with van der Waals surface area (Å²) < 4.78 is 110. The Morgan fingerprint density at radius 1 is 0.833 bits per heavy atom. The molecule has 18 heavy (non-hydrogen) atoms. The SMILES string of the molecule is CCOOC(F)(F)C(F)(OC(F)(F)F)C(F)(F)F. The van der Waals surface area contributed by atoms with E-state index in [1.54, 1.807) is 4.74 Å². The standard InChI is InChI=1S/C6H5F9O3/c1-2-16-18-5(11,12)3(7,4(8,9)10)17-6(13,14)15/h2H2,1H3. The van der Waals surface area contributed by atoms with E-state index >= 15 is 0 Å². The fraction of sp³-hybridized carbons (Fsp3) is 1.00. The first-order valence-electron chi connectivity index (χ1n) is 3.98. The van der Waals surface area contributed by atoms with Gasteiger partial charge in [0.2, 0.25) is 0 Å². The summed E-state index contributed by atoms with van der Waals surface area (Å²) in [5.74, 6) is -6.44. The molecule has 0 aliphatic heterocycles. The Labute approximate surface area is 93.3 Å². The summed E-state index contributed by atoms with van der Waals surface area (Å²) in [6, 6.07) is 0. The van der Waals surface area contributed by atoms with Gasteiger partial charge in [-0.1, -0.05) is 0 Å². The summed E-state index contributed by atoms with van der Waals surface area (Å²) in [7, 11) is 0. The largest absolute Gasteiger partial charge is 0.525 e. The summed E-state index contributed by atoms with van der Waals surface area (Å²) >= 11 is 0. The number of ether oxygens (including phenoxy) is 1. The molecule has 0 rings (SSSR count). The van der Waals surface area contributed by atoms with Crippen molar-refractivity contribution in [1.82, 2.24) is 0 Å². The quantitative estimate of drug-likeness (QED) is 0.442. The smallest absolute Gasteiger partial charge is 0.238 e. The topological polar surface area (TPSA) is 27.7 Å². The van der Waals surface area contributed by atoms with E-state index < -0.39 is 31.1 Å². The van der Waals surface area contributed by atoms with Gasteiger partial charge >= 0.3 is 24.5 Å². The van der Waals surface area contributed by atoms with E-state index in [4.69, 9.17) is 0 Å². The van der Waals surface area contributed by atoms with Gasteiger partial charge in [-0.25, -0.2) is 9.62 Å². The highest BCUT2D eigenvalue weighted by Gasteiger charge is 2.78. The molecule has 3 nitrogen and oxygen atoms in total. The van der Waals surface area contributed by atoms with Crippen LogP contribution in [0.5, 0.6) is 0 Å². The third-order valence-electron chi connectivity index (χ3n) is 1.28. The van der Waals surface area contributed by atoms with Crippen LogP contribution in [0.15, 0.2) is 0 Å². The summed E-state index contributed by atoms with van der Waals surface area (Å²) in [6.45, 7) is 0.184. The van der Waals surface area contributed by atoms with Crippen LogP contribution in [0.25, 0.3) is 0 Å². The van der Waals surface area contributed by atoms with Crippen LogP contribution in [-0.2, 0) is 14.5 Å². The minimum Gasteiger partial charge on any atom is -0.238 e. The Morgan fingerprint density at radius 3 is 1.56 bits per heavy atom. The summed E-state index contributed by atoms with van der Waals surface area (Å²) in [6.07, 6.45) is -19.1. The molecular weight excluding hydrogens is 291 g/mol. The van der Waals surface area contributed by atoms with Crippen molar-refractivity contribution < 1.29 is 54.0 Å². The highest BCUT2D eigenvalue weighted by molar-refractivity contribution is 4.86. The van der Waals surface area contributed by atoms with Crippen molar-refractivity contribution in [3.8, 4) is 0 Å². The molecule has 0 bridgehead atoms. The Hall–Kier alpha value is -0.750. The lowest BCUT2D eigenvalue weighted by atomic mass is 10.3. The Balaban J connectivity index is 5.35. The van der Waals surface area contributed by atoms with Crippen molar-refractivity contribution in [3.05, 3.63) is 0 Å². The molecule has 0 aromatic heterocycles. The van der Waals surface area contributed by atoms with E-state index in [9.17, 15) is 39.5 Å². The van der Waals surface area contributed by atoms with Crippen LogP contribution in [0, 0.1) is 0 Å². The molecule has 0 radical (unpaired) electrons. The monoisotopic (exact) mass is 296 g/mol. The number of rotatable bonds is 5. The zero-order valence-corrected chi connectivity index (χ0v) is 8.33. The molecule has 0 saturated heterocycles. The van der Waals surface area contributed by atoms with Gasteiger partial charge in [-0.2, -0.15) is 31.2 Å². The van der Waals surface area contributed by atoms with Crippen LogP contribution in [-0.4, -0.2) is 31.1 Å². The average molecular weight is 296 g/mol. The van der Waals surface area contributed by atoms with Gasteiger partial charge in [-0.05, 0) is 6.92 Å². The van der Waals surface area contributed by atoms with Crippen LogP contribution in [0.3, 0.4) is 0 Å². The maximum Gasteiger partial charge on any atom is 0.525 e. The van der Waals surface area contributed by atoms with Crippen molar-refractivity contribution in [1.29, 1.82) is 0 Å². The van der Waals surface area contributed by atoms with E-state index in [0.717, 1.165) is 6.92 Å². The van der Waals surface area contributed by atoms with Crippen molar-refractivity contribution in [2.24, 2.45) is 0 Å². The molecule has 0 fully saturated rings. The molecule has 0 aliphatic rings. The minimum atomic E-state index is -6.72. The number of halogens is 9. The van der Waals surface area contributed by atoms with Crippen LogP contribution in [0.2, 0.25) is 0 Å². The molecule has 0 aromatic carbocycles. The molecule has 0 amide bonds. The van der Waals surface area contributed by atoms with Gasteiger partial charge in [-0.3, -0.25) is 0 Å². The fourth-order valence-corrected chi connectivity index (χ4v) is 0.628. The van der Waals surface area contributed by atoms with Crippen LogP contribution in [0.1, 0.15) is 6.92 Å². The minimum absolute atomic E-state index is 0.768. The molecule has 1 atom stereocenters. The number of hydrogen-bond donors (Lipinski definition) is 0. The van der Waals surface area contributed by atoms with Gasteiger partial charge in [0.1, 0.15) is 0 Å². The lowest BCUT2D eigenvalue weighted by Crippen LogP contribution is -2.60. The van der Waals surface area contributed by atoms with Gasteiger partial charge in [-0.15, -0.1) is 13.2 Å². The normalized spacial score (nSPS) is 17.7. The highest BCUT2D eigenvalue weighted by atomic mass is 19.4. The fourth-order valence-electron chi connectivity index (χ4n) is 0.628. The molecule has 0 N–H and O–H groups in total. The molecule has 0 heterocycles. The van der Waals surface area contributed by atoms with Crippen LogP contribution >= 0.6 is 0 Å². The molecule has 0 saturated carbocycles. The molecule has 0 aromatic rings. The first kappa shape index (κ1) is 17.2. The maximum absolute atomic E-state index is 12.9. The van der Waals surface area contributed by atoms with E-state index in [1.807, 2.05) is 0 Å². The van der Waals surface area contributed by atoms with E-state index in [-0.39, 0.29) is 0 Å². The maximum atomic E-state index is 12.9. The summed E-state index contributed by atoms with van der Waals surface area (Å²) in [4.78, 5) is 5.98. The molecular formula is C6H5F9O3. The second-order valence-electron chi connectivity index (χ2n) is 2.65. The lowest BCUT2D eigenvalue weighted by Gasteiger charge is -2.32. The zero-order valence-electron chi connectivity index (χ0n) is 8.33. The summed E-state index contributed by atoms with van der Waals surface area (Å²) in [5, 5.41) is 0. The molecule has 0 aliphatic carbocycles. The number of alkyl halides is 9. The van der Waals surface area contributed by atoms with Crippen molar-refractivity contribution in [2.75, 3.05) is 6.61 Å². The van der Waals surface area contributed by atoms with E-state index in [2.05, 4.69) is 9.78 Å². The number of hydrogen-bond acceptors (Lipinski definition) is 3. The Kier molecular flexibility index (Phi) is 4.88. The Bertz CT molecular complexity index is 272. The average Bonchev–Trinajstić information content (AvgIpc) is 2.10. The van der Waals surface area contributed by atoms with Gasteiger partial charge in [0.05, 0.1) is 6.61 Å². The molecule has 110 valence electrons. The van der Waals surface area contributed by atoms with Gasteiger partial charge in [0.15, 0.2) is 0 Å². The van der Waals surface area contributed by atoms with Gasteiger partial charge in [0.25, 0.3) is 0 Å². The van der Waals surface area contributed by atoms with Crippen molar-refractivity contribution in [2.45, 2.75) is 31.4 Å². The molecule has 1 unspecified atom stereocenters. The second-order valence-corrected chi connectivity index (χ2v) is 2.65. The Morgan fingerprint density at radius 2 is 1.28 bits per heavy atom.